The van der Waals surface area contributed by atoms with E-state index in [0.717, 1.165) is 56.6 Å². The average Bonchev–Trinajstić information content (AvgIpc) is 3.16. The monoisotopic (exact) mass is 514 g/mol. The first-order valence-electron chi connectivity index (χ1n) is 12.6. The second kappa shape index (κ2) is 10.4. The van der Waals surface area contributed by atoms with Gasteiger partial charge in [0.05, 0.1) is 30.5 Å². The molecule has 1 atom stereocenters. The molecule has 1 aliphatic rings. The normalized spacial score (nSPS) is 14.5. The topological polar surface area (TPSA) is 52.9 Å². The van der Waals surface area contributed by atoms with Crippen LogP contribution in [0.25, 0.3) is 22.0 Å². The standard InChI is InChI=1S/C29H36F2N2O4/c1-17-8-10-20(11-9-17)23-21-16-18(2)33-13-12-32(14-15-36-28(30)31)24(25(21)33)19(3)22(23)26(27(34)35-7)37-29(4,5)6/h8-11,16,26,28H,12-15H2,1-7H3/t26-/m0/s1. The van der Waals surface area contributed by atoms with Gasteiger partial charge >= 0.3 is 12.6 Å². The van der Waals surface area contributed by atoms with E-state index in [1.165, 1.54) is 7.11 Å². The van der Waals surface area contributed by atoms with Gasteiger partial charge in [0.25, 0.3) is 0 Å². The van der Waals surface area contributed by atoms with Gasteiger partial charge in [0, 0.05) is 36.3 Å². The Kier molecular flexibility index (Phi) is 7.62. The number of rotatable bonds is 8. The zero-order valence-electron chi connectivity index (χ0n) is 22.7. The first-order valence-corrected chi connectivity index (χ1v) is 12.6. The van der Waals surface area contributed by atoms with Crippen LogP contribution < -0.4 is 4.90 Å². The number of methoxy groups -OCH3 is 1. The Morgan fingerprint density at radius 1 is 1.08 bits per heavy atom. The van der Waals surface area contributed by atoms with Crippen molar-refractivity contribution in [2.24, 2.45) is 0 Å². The molecule has 1 aromatic heterocycles. The molecule has 4 rings (SSSR count). The minimum absolute atomic E-state index is 0.105. The molecule has 1 aliphatic heterocycles. The van der Waals surface area contributed by atoms with Crippen LogP contribution >= 0.6 is 0 Å². The molecule has 37 heavy (non-hydrogen) atoms. The van der Waals surface area contributed by atoms with Crippen molar-refractivity contribution in [2.75, 3.05) is 31.7 Å². The molecule has 0 radical (unpaired) electrons. The van der Waals surface area contributed by atoms with Gasteiger partial charge in [-0.25, -0.2) is 4.79 Å². The third kappa shape index (κ3) is 5.36. The van der Waals surface area contributed by atoms with Crippen molar-refractivity contribution in [1.29, 1.82) is 0 Å². The maximum Gasteiger partial charge on any atom is 0.345 e. The van der Waals surface area contributed by atoms with E-state index < -0.39 is 24.3 Å². The molecule has 0 saturated heterocycles. The predicted molar refractivity (Wildman–Crippen MR) is 141 cm³/mol. The van der Waals surface area contributed by atoms with Crippen molar-refractivity contribution in [2.45, 2.75) is 66.4 Å². The summed E-state index contributed by atoms with van der Waals surface area (Å²) < 4.78 is 44.0. The van der Waals surface area contributed by atoms with Crippen molar-refractivity contribution >= 4 is 22.6 Å². The minimum Gasteiger partial charge on any atom is -0.467 e. The lowest BCUT2D eigenvalue weighted by Crippen LogP contribution is -2.36. The summed E-state index contributed by atoms with van der Waals surface area (Å²) in [7, 11) is 1.36. The number of hydrogen-bond acceptors (Lipinski definition) is 5. The van der Waals surface area contributed by atoms with Gasteiger partial charge < -0.3 is 23.7 Å². The Balaban J connectivity index is 2.05. The number of halogens is 2. The molecule has 0 saturated carbocycles. The summed E-state index contributed by atoms with van der Waals surface area (Å²) in [5, 5.41) is 0.989. The van der Waals surface area contributed by atoms with Crippen LogP contribution in [0.3, 0.4) is 0 Å². The number of hydrogen-bond donors (Lipinski definition) is 0. The van der Waals surface area contributed by atoms with Crippen molar-refractivity contribution in [3.05, 3.63) is 52.7 Å². The van der Waals surface area contributed by atoms with E-state index in [9.17, 15) is 13.6 Å². The molecule has 2 aromatic carbocycles. The SMILES string of the molecule is COC(=O)[C@@H](OC(C)(C)C)c1c(C)c2c3c(cc(C)n3CCN2CCOC(F)F)c1-c1ccc(C)cc1. The van der Waals surface area contributed by atoms with E-state index >= 15 is 0 Å². The molecule has 0 unspecified atom stereocenters. The van der Waals surface area contributed by atoms with E-state index in [-0.39, 0.29) is 6.61 Å². The third-order valence-corrected chi connectivity index (χ3v) is 6.83. The van der Waals surface area contributed by atoms with E-state index in [2.05, 4.69) is 51.5 Å². The van der Waals surface area contributed by atoms with Gasteiger partial charge in [0.15, 0.2) is 6.10 Å². The number of anilines is 1. The summed E-state index contributed by atoms with van der Waals surface area (Å²) in [6.45, 7) is 10.5. The zero-order chi connectivity index (χ0) is 27.1. The second-order valence-corrected chi connectivity index (χ2v) is 10.6. The number of aryl methyl sites for hydroxylation is 2. The Labute approximate surface area is 217 Å². The molecule has 0 aliphatic carbocycles. The molecule has 0 amide bonds. The van der Waals surface area contributed by atoms with Crippen LogP contribution in [0.5, 0.6) is 0 Å². The number of carbonyl (C=O) groups is 1. The van der Waals surface area contributed by atoms with Gasteiger partial charge in [-0.1, -0.05) is 29.8 Å². The average molecular weight is 515 g/mol. The Morgan fingerprint density at radius 2 is 1.76 bits per heavy atom. The summed E-state index contributed by atoms with van der Waals surface area (Å²) in [5.74, 6) is -0.488. The number of benzene rings is 2. The number of carbonyl (C=O) groups excluding carboxylic acids is 1. The highest BCUT2D eigenvalue weighted by Crippen LogP contribution is 2.48. The lowest BCUT2D eigenvalue weighted by atomic mass is 9.87. The highest BCUT2D eigenvalue weighted by molar-refractivity contribution is 6.07. The first kappa shape index (κ1) is 27.1. The maximum atomic E-state index is 13.3. The van der Waals surface area contributed by atoms with Crippen LogP contribution in [-0.2, 0) is 25.5 Å². The maximum absolute atomic E-state index is 13.3. The fraction of sp³-hybridized carbons (Fsp3) is 0.483. The first-order chi connectivity index (χ1) is 17.4. The number of ether oxygens (including phenoxy) is 3. The lowest BCUT2D eigenvalue weighted by molar-refractivity contribution is -0.164. The number of esters is 1. The Morgan fingerprint density at radius 3 is 2.35 bits per heavy atom. The van der Waals surface area contributed by atoms with Gasteiger partial charge in [-0.15, -0.1) is 0 Å². The summed E-state index contributed by atoms with van der Waals surface area (Å²) in [5.41, 5.74) is 7.00. The minimum atomic E-state index is -2.82. The summed E-state index contributed by atoms with van der Waals surface area (Å²) in [6.07, 6.45) is -0.980. The van der Waals surface area contributed by atoms with E-state index in [4.69, 9.17) is 9.47 Å². The van der Waals surface area contributed by atoms with Crippen molar-refractivity contribution in [3.63, 3.8) is 0 Å². The summed E-state index contributed by atoms with van der Waals surface area (Å²) in [6, 6.07) is 10.4. The van der Waals surface area contributed by atoms with Crippen LogP contribution in [0.1, 0.15) is 49.3 Å². The van der Waals surface area contributed by atoms with Crippen molar-refractivity contribution < 1.29 is 27.8 Å². The Hall–Kier alpha value is -2.97. The number of nitrogens with zero attached hydrogens (tertiary/aromatic N) is 2. The van der Waals surface area contributed by atoms with Crippen LogP contribution in [0.4, 0.5) is 14.5 Å². The number of alkyl halides is 2. The third-order valence-electron chi connectivity index (χ3n) is 6.83. The van der Waals surface area contributed by atoms with Crippen LogP contribution in [0.2, 0.25) is 0 Å². The molecule has 8 heteroatoms. The quantitative estimate of drug-likeness (QED) is 0.329. The highest BCUT2D eigenvalue weighted by Gasteiger charge is 2.36. The molecule has 6 nitrogen and oxygen atoms in total. The van der Waals surface area contributed by atoms with Crippen molar-refractivity contribution in [3.8, 4) is 11.1 Å². The molecular weight excluding hydrogens is 478 g/mol. The van der Waals surface area contributed by atoms with E-state index in [0.29, 0.717) is 13.1 Å². The highest BCUT2D eigenvalue weighted by atomic mass is 19.3. The molecule has 3 aromatic rings. The van der Waals surface area contributed by atoms with Crippen LogP contribution in [0.15, 0.2) is 30.3 Å². The van der Waals surface area contributed by atoms with Crippen molar-refractivity contribution in [1.82, 2.24) is 4.57 Å². The molecule has 0 bridgehead atoms. The van der Waals surface area contributed by atoms with Crippen LogP contribution in [-0.4, -0.2) is 49.6 Å². The Bertz CT molecular complexity index is 1290. The van der Waals surface area contributed by atoms with Gasteiger partial charge in [-0.05, 0) is 64.3 Å². The van der Waals surface area contributed by atoms with Gasteiger partial charge in [0.1, 0.15) is 0 Å². The lowest BCUT2D eigenvalue weighted by Gasteiger charge is -2.36. The number of aromatic nitrogens is 1. The van der Waals surface area contributed by atoms with Crippen LogP contribution in [0, 0.1) is 20.8 Å². The molecule has 0 spiro atoms. The predicted octanol–water partition coefficient (Wildman–Crippen LogP) is 6.32. The van der Waals surface area contributed by atoms with Gasteiger partial charge in [-0.3, -0.25) is 0 Å². The molecule has 0 fully saturated rings. The zero-order valence-corrected chi connectivity index (χ0v) is 22.7. The molecule has 200 valence electrons. The van der Waals surface area contributed by atoms with Gasteiger partial charge in [-0.2, -0.15) is 8.78 Å². The molecule has 0 N–H and O–H groups in total. The fourth-order valence-electron chi connectivity index (χ4n) is 5.29. The summed E-state index contributed by atoms with van der Waals surface area (Å²) in [4.78, 5) is 15.3. The summed E-state index contributed by atoms with van der Waals surface area (Å²) >= 11 is 0. The van der Waals surface area contributed by atoms with E-state index in [1.807, 2.05) is 34.6 Å². The smallest absolute Gasteiger partial charge is 0.345 e. The fourth-order valence-corrected chi connectivity index (χ4v) is 5.29. The molecular formula is C29H36F2N2O4. The molecule has 2 heterocycles. The van der Waals surface area contributed by atoms with E-state index in [1.54, 1.807) is 0 Å². The second-order valence-electron chi connectivity index (χ2n) is 10.6. The van der Waals surface area contributed by atoms with Gasteiger partial charge in [0.2, 0.25) is 0 Å². The largest absolute Gasteiger partial charge is 0.467 e.